The second-order valence-electron chi connectivity index (χ2n) is 6.80. The number of hydrogen-bond donors (Lipinski definition) is 1. The molecule has 1 atom stereocenters. The van der Waals surface area contributed by atoms with Crippen LogP contribution in [0.5, 0.6) is 0 Å². The molecule has 1 unspecified atom stereocenters. The molecule has 3 heterocycles. The summed E-state index contributed by atoms with van der Waals surface area (Å²) in [6.45, 7) is 1.11. The van der Waals surface area contributed by atoms with E-state index in [1.807, 2.05) is 53.4 Å². The van der Waals surface area contributed by atoms with E-state index in [1.54, 1.807) is 12.5 Å². The van der Waals surface area contributed by atoms with Crippen LogP contribution in [0.2, 0.25) is 0 Å². The van der Waals surface area contributed by atoms with Crippen LogP contribution >= 0.6 is 0 Å². The molecule has 0 aliphatic carbocycles. The molecule has 0 spiro atoms. The van der Waals surface area contributed by atoms with E-state index >= 15 is 0 Å². The number of amides is 1. The molecule has 2 aromatic heterocycles. The van der Waals surface area contributed by atoms with Crippen LogP contribution in [0.3, 0.4) is 0 Å². The number of aromatic amines is 1. The van der Waals surface area contributed by atoms with Gasteiger partial charge in [-0.25, -0.2) is 4.98 Å². The molecular weight excluding hydrogens is 336 g/mol. The van der Waals surface area contributed by atoms with E-state index in [1.165, 1.54) is 0 Å². The molecule has 1 N–H and O–H groups in total. The van der Waals surface area contributed by atoms with Gasteiger partial charge < -0.3 is 9.88 Å². The Kier molecular flexibility index (Phi) is 3.71. The molecule has 27 heavy (non-hydrogen) atoms. The third-order valence-electron chi connectivity index (χ3n) is 5.20. The highest BCUT2D eigenvalue weighted by Crippen LogP contribution is 2.32. The van der Waals surface area contributed by atoms with Crippen LogP contribution in [0.1, 0.15) is 33.4 Å². The van der Waals surface area contributed by atoms with E-state index in [0.29, 0.717) is 18.8 Å². The normalized spacial score (nSPS) is 16.3. The van der Waals surface area contributed by atoms with Crippen molar-refractivity contribution in [3.63, 3.8) is 0 Å². The lowest BCUT2D eigenvalue weighted by Crippen LogP contribution is -2.39. The molecule has 0 saturated carbocycles. The molecule has 0 saturated heterocycles. The summed E-state index contributed by atoms with van der Waals surface area (Å²) in [5.74, 6) is 0.00751. The van der Waals surface area contributed by atoms with E-state index < -0.39 is 0 Å². The molecule has 1 aliphatic heterocycles. The lowest BCUT2D eigenvalue weighted by Gasteiger charge is -2.32. The smallest absolute Gasteiger partial charge is 0.273 e. The number of rotatable bonds is 2. The fourth-order valence-corrected chi connectivity index (χ4v) is 3.86. The fourth-order valence-electron chi connectivity index (χ4n) is 3.86. The number of hydrogen-bond acceptors (Lipinski definition) is 3. The van der Waals surface area contributed by atoms with Crippen molar-refractivity contribution in [1.82, 2.24) is 19.9 Å². The van der Waals surface area contributed by atoms with Gasteiger partial charge in [0.25, 0.3) is 5.91 Å². The van der Waals surface area contributed by atoms with Crippen molar-refractivity contribution in [2.75, 3.05) is 6.54 Å². The molecule has 1 amide bonds. The molecule has 2 aromatic carbocycles. The van der Waals surface area contributed by atoms with Crippen molar-refractivity contribution >= 4 is 16.7 Å². The van der Waals surface area contributed by atoms with E-state index in [4.69, 9.17) is 0 Å². The van der Waals surface area contributed by atoms with Crippen molar-refractivity contribution in [3.05, 3.63) is 95.8 Å². The van der Waals surface area contributed by atoms with E-state index in [2.05, 4.69) is 27.1 Å². The number of aromatic nitrogens is 3. The van der Waals surface area contributed by atoms with Crippen LogP contribution in [0, 0.1) is 0 Å². The zero-order chi connectivity index (χ0) is 18.2. The molecule has 1 aliphatic rings. The lowest BCUT2D eigenvalue weighted by atomic mass is 9.90. The summed E-state index contributed by atoms with van der Waals surface area (Å²) in [6.07, 6.45) is 3.42. The molecular formula is C22H18N4O. The number of nitrogens with zero attached hydrogens (tertiary/aromatic N) is 3. The van der Waals surface area contributed by atoms with Gasteiger partial charge >= 0.3 is 0 Å². The average molecular weight is 354 g/mol. The minimum absolute atomic E-state index is 0.0482. The molecule has 132 valence electrons. The van der Waals surface area contributed by atoms with Gasteiger partial charge in [0.15, 0.2) is 0 Å². The van der Waals surface area contributed by atoms with Gasteiger partial charge in [0.2, 0.25) is 0 Å². The van der Waals surface area contributed by atoms with Gasteiger partial charge in [0.1, 0.15) is 5.69 Å². The number of pyridine rings is 1. The number of carbonyl (C=O) groups excluding carboxylic acids is 1. The SMILES string of the molecule is O=C(c1nccc2ccccc12)N1Cc2[nH]cnc2C(c2ccccc2)C1. The van der Waals surface area contributed by atoms with Crippen molar-refractivity contribution < 1.29 is 4.79 Å². The second-order valence-corrected chi connectivity index (χ2v) is 6.80. The third-order valence-corrected chi connectivity index (χ3v) is 5.20. The summed E-state index contributed by atoms with van der Waals surface area (Å²) in [7, 11) is 0. The van der Waals surface area contributed by atoms with Crippen LogP contribution in [-0.4, -0.2) is 32.3 Å². The van der Waals surface area contributed by atoms with E-state index in [9.17, 15) is 4.79 Å². The van der Waals surface area contributed by atoms with Gasteiger partial charge in [-0.1, -0.05) is 54.6 Å². The summed E-state index contributed by atoms with van der Waals surface area (Å²) in [5, 5.41) is 1.91. The Hall–Kier alpha value is -3.47. The summed E-state index contributed by atoms with van der Waals surface area (Å²) in [5.41, 5.74) is 3.68. The molecule has 0 radical (unpaired) electrons. The first-order chi connectivity index (χ1) is 13.3. The first-order valence-corrected chi connectivity index (χ1v) is 9.01. The van der Waals surface area contributed by atoms with Crippen molar-refractivity contribution in [2.45, 2.75) is 12.5 Å². The minimum atomic E-state index is -0.0482. The van der Waals surface area contributed by atoms with Crippen molar-refractivity contribution in [2.24, 2.45) is 0 Å². The van der Waals surface area contributed by atoms with E-state index in [-0.39, 0.29) is 11.8 Å². The minimum Gasteiger partial charge on any atom is -0.347 e. The number of carbonyl (C=O) groups is 1. The Morgan fingerprint density at radius 1 is 1.00 bits per heavy atom. The lowest BCUT2D eigenvalue weighted by molar-refractivity contribution is 0.0718. The Balaban J connectivity index is 1.55. The molecule has 5 heteroatoms. The number of fused-ring (bicyclic) bond motifs is 2. The van der Waals surface area contributed by atoms with Crippen LogP contribution in [0.4, 0.5) is 0 Å². The summed E-state index contributed by atoms with van der Waals surface area (Å²) in [6, 6.07) is 20.0. The highest BCUT2D eigenvalue weighted by molar-refractivity contribution is 6.05. The molecule has 4 aromatic rings. The van der Waals surface area contributed by atoms with Gasteiger partial charge in [-0.3, -0.25) is 9.78 Å². The van der Waals surface area contributed by atoms with Crippen LogP contribution < -0.4 is 0 Å². The van der Waals surface area contributed by atoms with Gasteiger partial charge in [-0.2, -0.15) is 0 Å². The molecule has 5 nitrogen and oxygen atoms in total. The van der Waals surface area contributed by atoms with Crippen molar-refractivity contribution in [1.29, 1.82) is 0 Å². The number of H-pyrrole nitrogens is 1. The number of imidazole rings is 1. The molecule has 5 rings (SSSR count). The highest BCUT2D eigenvalue weighted by Gasteiger charge is 2.32. The van der Waals surface area contributed by atoms with Gasteiger partial charge in [0, 0.05) is 24.0 Å². The maximum absolute atomic E-state index is 13.4. The first-order valence-electron chi connectivity index (χ1n) is 9.01. The largest absolute Gasteiger partial charge is 0.347 e. The number of nitrogens with one attached hydrogen (secondary N) is 1. The quantitative estimate of drug-likeness (QED) is 0.596. The van der Waals surface area contributed by atoms with Crippen LogP contribution in [0.15, 0.2) is 73.2 Å². The molecule has 0 fully saturated rings. The number of benzene rings is 2. The Labute approximate surface area is 156 Å². The predicted octanol–water partition coefficient (Wildman–Crippen LogP) is 3.75. The zero-order valence-corrected chi connectivity index (χ0v) is 14.7. The van der Waals surface area contributed by atoms with Gasteiger partial charge in [0.05, 0.1) is 24.3 Å². The summed E-state index contributed by atoms with van der Waals surface area (Å²) < 4.78 is 0. The maximum Gasteiger partial charge on any atom is 0.273 e. The average Bonchev–Trinajstić information content (AvgIpc) is 3.21. The third kappa shape index (κ3) is 2.68. The van der Waals surface area contributed by atoms with Gasteiger partial charge in [-0.05, 0) is 17.0 Å². The Morgan fingerprint density at radius 3 is 2.70 bits per heavy atom. The topological polar surface area (TPSA) is 61.9 Å². The predicted molar refractivity (Wildman–Crippen MR) is 103 cm³/mol. The van der Waals surface area contributed by atoms with Gasteiger partial charge in [-0.15, -0.1) is 0 Å². The van der Waals surface area contributed by atoms with Crippen LogP contribution in [0.25, 0.3) is 10.8 Å². The molecule has 0 bridgehead atoms. The van der Waals surface area contributed by atoms with Crippen molar-refractivity contribution in [3.8, 4) is 0 Å². The standard InChI is InChI=1S/C22H18N4O/c27-22(21-17-9-5-4-8-16(17)10-11-23-21)26-12-18(15-6-2-1-3-7-15)20-19(13-26)24-14-25-20/h1-11,14,18H,12-13H2,(H,24,25). The summed E-state index contributed by atoms with van der Waals surface area (Å²) >= 11 is 0. The Morgan fingerprint density at radius 2 is 1.81 bits per heavy atom. The Bertz CT molecular complexity index is 1110. The highest BCUT2D eigenvalue weighted by atomic mass is 16.2. The monoisotopic (exact) mass is 354 g/mol. The zero-order valence-electron chi connectivity index (χ0n) is 14.7. The summed E-state index contributed by atoms with van der Waals surface area (Å²) in [4.78, 5) is 27.4. The first kappa shape index (κ1) is 15.8. The van der Waals surface area contributed by atoms with E-state index in [0.717, 1.165) is 27.7 Å². The second kappa shape index (κ2) is 6.36. The maximum atomic E-state index is 13.4. The fraction of sp³-hybridized carbons (Fsp3) is 0.136. The van der Waals surface area contributed by atoms with Crippen LogP contribution in [-0.2, 0) is 6.54 Å².